The molecule has 0 aromatic carbocycles. The number of hydrogen-bond acceptors (Lipinski definition) is 4. The predicted molar refractivity (Wildman–Crippen MR) is 62.7 cm³/mol. The molecule has 1 aromatic rings. The summed E-state index contributed by atoms with van der Waals surface area (Å²) in [4.78, 5) is 45.6. The molecule has 1 atom stereocenters. The van der Waals surface area contributed by atoms with Crippen LogP contribution in [0.1, 0.15) is 45.8 Å². The molecule has 0 amide bonds. The number of aromatic carboxylic acids is 1. The topological polar surface area (TPSA) is 114 Å². The molecular formula is C12H11NO6. The van der Waals surface area contributed by atoms with Gasteiger partial charge in [0.25, 0.3) is 5.56 Å². The van der Waals surface area contributed by atoms with Crippen LogP contribution in [0.5, 0.6) is 0 Å². The molecule has 7 nitrogen and oxygen atoms in total. The largest absolute Gasteiger partial charge is 0.480 e. The lowest BCUT2D eigenvalue weighted by Gasteiger charge is -2.13. The van der Waals surface area contributed by atoms with Gasteiger partial charge in [0.1, 0.15) is 11.6 Å². The standard InChI is InChI=1S/C12H11NO6/c1-5(14)6-4-7(11(16)17)10(15)13-8(6)2-3-9(13)12(18)19/h4,9H,2-3H2,1H3,(H,16,17)(H,18,19)/t9-/m0/s1. The summed E-state index contributed by atoms with van der Waals surface area (Å²) in [6.45, 7) is 1.25. The van der Waals surface area contributed by atoms with E-state index in [9.17, 15) is 19.2 Å². The van der Waals surface area contributed by atoms with Crippen molar-refractivity contribution in [2.75, 3.05) is 0 Å². The van der Waals surface area contributed by atoms with E-state index in [1.54, 1.807) is 0 Å². The zero-order chi connectivity index (χ0) is 14.3. The van der Waals surface area contributed by atoms with Crippen LogP contribution in [0.2, 0.25) is 0 Å². The van der Waals surface area contributed by atoms with Gasteiger partial charge in [-0.3, -0.25) is 14.2 Å². The summed E-state index contributed by atoms with van der Waals surface area (Å²) in [7, 11) is 0. The van der Waals surface area contributed by atoms with Gasteiger partial charge in [0.2, 0.25) is 0 Å². The second-order valence-corrected chi connectivity index (χ2v) is 4.35. The van der Waals surface area contributed by atoms with E-state index in [0.717, 1.165) is 10.6 Å². The molecule has 1 aliphatic rings. The number of carbonyl (C=O) groups is 3. The van der Waals surface area contributed by atoms with Crippen LogP contribution in [0.3, 0.4) is 0 Å². The number of carboxylic acids is 2. The molecule has 0 radical (unpaired) electrons. The molecule has 2 heterocycles. The molecule has 0 unspecified atom stereocenters. The molecule has 7 heteroatoms. The van der Waals surface area contributed by atoms with Gasteiger partial charge in [-0.05, 0) is 25.8 Å². The maximum Gasteiger partial charge on any atom is 0.341 e. The van der Waals surface area contributed by atoms with E-state index in [4.69, 9.17) is 10.2 Å². The molecule has 2 N–H and O–H groups in total. The van der Waals surface area contributed by atoms with E-state index in [0.29, 0.717) is 5.69 Å². The summed E-state index contributed by atoms with van der Waals surface area (Å²) in [5, 5.41) is 18.0. The molecule has 2 rings (SSSR count). The van der Waals surface area contributed by atoms with Crippen LogP contribution in [0, 0.1) is 0 Å². The average molecular weight is 265 g/mol. The molecule has 0 spiro atoms. The van der Waals surface area contributed by atoms with Crippen LogP contribution in [-0.4, -0.2) is 32.5 Å². The lowest BCUT2D eigenvalue weighted by Crippen LogP contribution is -2.32. The molecule has 0 saturated heterocycles. The lowest BCUT2D eigenvalue weighted by atomic mass is 10.1. The normalized spacial score (nSPS) is 17.0. The molecule has 19 heavy (non-hydrogen) atoms. The number of aliphatic carboxylic acids is 1. The van der Waals surface area contributed by atoms with Crippen molar-refractivity contribution >= 4 is 17.7 Å². The van der Waals surface area contributed by atoms with Gasteiger partial charge in [-0.15, -0.1) is 0 Å². The Balaban J connectivity index is 2.82. The first-order valence-corrected chi connectivity index (χ1v) is 5.60. The fourth-order valence-corrected chi connectivity index (χ4v) is 2.35. The maximum atomic E-state index is 12.0. The van der Waals surface area contributed by atoms with Gasteiger partial charge in [-0.1, -0.05) is 0 Å². The molecule has 0 bridgehead atoms. The van der Waals surface area contributed by atoms with Gasteiger partial charge >= 0.3 is 11.9 Å². The Hall–Kier alpha value is -2.44. The second-order valence-electron chi connectivity index (χ2n) is 4.35. The zero-order valence-corrected chi connectivity index (χ0v) is 10.0. The zero-order valence-electron chi connectivity index (χ0n) is 10.0. The van der Waals surface area contributed by atoms with E-state index in [-0.39, 0.29) is 18.4 Å². The number of ketones is 1. The third-order valence-electron chi connectivity index (χ3n) is 3.20. The number of carboxylic acid groups (broad SMARTS) is 2. The van der Waals surface area contributed by atoms with Crippen LogP contribution in [0.25, 0.3) is 0 Å². The maximum absolute atomic E-state index is 12.0. The molecular weight excluding hydrogens is 254 g/mol. The van der Waals surface area contributed by atoms with Gasteiger partial charge in [0.05, 0.1) is 0 Å². The number of aromatic nitrogens is 1. The minimum Gasteiger partial charge on any atom is -0.480 e. The first kappa shape index (κ1) is 13.0. The summed E-state index contributed by atoms with van der Waals surface area (Å²) in [5.74, 6) is -3.07. The average Bonchev–Trinajstić information content (AvgIpc) is 2.73. The van der Waals surface area contributed by atoms with Crippen LogP contribution in [0.15, 0.2) is 10.9 Å². The minimum absolute atomic E-state index is 0.0979. The van der Waals surface area contributed by atoms with Crippen molar-refractivity contribution in [2.45, 2.75) is 25.8 Å². The Morgan fingerprint density at radius 1 is 1.26 bits per heavy atom. The summed E-state index contributed by atoms with van der Waals surface area (Å²) < 4.78 is 0.919. The second kappa shape index (κ2) is 4.34. The van der Waals surface area contributed by atoms with Crippen molar-refractivity contribution in [3.63, 3.8) is 0 Å². The highest BCUT2D eigenvalue weighted by molar-refractivity contribution is 5.98. The fraction of sp³-hybridized carbons (Fsp3) is 0.333. The number of pyridine rings is 1. The summed E-state index contributed by atoms with van der Waals surface area (Å²) in [6.07, 6.45) is 0.439. The Kier molecular flexibility index (Phi) is 2.97. The van der Waals surface area contributed by atoms with Crippen LogP contribution in [0.4, 0.5) is 0 Å². The first-order valence-electron chi connectivity index (χ1n) is 5.60. The highest BCUT2D eigenvalue weighted by Gasteiger charge is 2.33. The van der Waals surface area contributed by atoms with Crippen molar-refractivity contribution in [1.29, 1.82) is 0 Å². The third-order valence-corrected chi connectivity index (χ3v) is 3.20. The SMILES string of the molecule is CC(=O)c1cc(C(=O)O)c(=O)n2c1CC[C@H]2C(=O)O. The Bertz CT molecular complexity index is 657. The van der Waals surface area contributed by atoms with Crippen LogP contribution >= 0.6 is 0 Å². The van der Waals surface area contributed by atoms with E-state index >= 15 is 0 Å². The van der Waals surface area contributed by atoms with E-state index < -0.39 is 34.9 Å². The fourth-order valence-electron chi connectivity index (χ4n) is 2.35. The molecule has 0 saturated carbocycles. The smallest absolute Gasteiger partial charge is 0.341 e. The Labute approximate surface area is 107 Å². The van der Waals surface area contributed by atoms with Crippen molar-refractivity contribution in [3.8, 4) is 0 Å². The van der Waals surface area contributed by atoms with Crippen molar-refractivity contribution in [3.05, 3.63) is 33.2 Å². The quantitative estimate of drug-likeness (QED) is 0.761. The molecule has 1 aliphatic heterocycles. The van der Waals surface area contributed by atoms with Crippen molar-refractivity contribution < 1.29 is 24.6 Å². The summed E-state index contributed by atoms with van der Waals surface area (Å²) >= 11 is 0. The van der Waals surface area contributed by atoms with Crippen LogP contribution in [-0.2, 0) is 11.2 Å². The number of fused-ring (bicyclic) bond motifs is 1. The monoisotopic (exact) mass is 265 g/mol. The third kappa shape index (κ3) is 1.92. The van der Waals surface area contributed by atoms with E-state index in [1.165, 1.54) is 6.92 Å². The van der Waals surface area contributed by atoms with Crippen LogP contribution < -0.4 is 5.56 Å². The van der Waals surface area contributed by atoms with Gasteiger partial charge < -0.3 is 10.2 Å². The molecule has 100 valence electrons. The van der Waals surface area contributed by atoms with Crippen molar-refractivity contribution in [1.82, 2.24) is 4.57 Å². The highest BCUT2D eigenvalue weighted by Crippen LogP contribution is 2.27. The minimum atomic E-state index is -1.47. The number of nitrogens with zero attached hydrogens (tertiary/aromatic N) is 1. The summed E-state index contributed by atoms with van der Waals surface area (Å²) in [6, 6.07) is -0.0804. The number of rotatable bonds is 3. The highest BCUT2D eigenvalue weighted by atomic mass is 16.4. The van der Waals surface area contributed by atoms with E-state index in [2.05, 4.69) is 0 Å². The molecule has 1 aromatic heterocycles. The molecule has 0 aliphatic carbocycles. The first-order chi connectivity index (χ1) is 8.84. The predicted octanol–water partition coefficient (Wildman–Crippen LogP) is 0.321. The van der Waals surface area contributed by atoms with Gasteiger partial charge in [-0.2, -0.15) is 0 Å². The number of carbonyl (C=O) groups excluding carboxylic acids is 1. The number of hydrogen-bond donors (Lipinski definition) is 2. The van der Waals surface area contributed by atoms with E-state index in [1.807, 2.05) is 0 Å². The molecule has 0 fully saturated rings. The van der Waals surface area contributed by atoms with Gasteiger partial charge in [0, 0.05) is 11.3 Å². The Morgan fingerprint density at radius 2 is 1.89 bits per heavy atom. The van der Waals surface area contributed by atoms with Gasteiger partial charge in [-0.25, -0.2) is 9.59 Å². The summed E-state index contributed by atoms with van der Waals surface area (Å²) in [5.41, 5.74) is -1.06. The van der Waals surface area contributed by atoms with Crippen molar-refractivity contribution in [2.24, 2.45) is 0 Å². The number of Topliss-reactive ketones (excluding diaryl/α,β-unsaturated/α-hetero) is 1. The Morgan fingerprint density at radius 3 is 2.37 bits per heavy atom. The van der Waals surface area contributed by atoms with Gasteiger partial charge in [0.15, 0.2) is 5.78 Å². The lowest BCUT2D eigenvalue weighted by molar-refractivity contribution is -0.140.